The van der Waals surface area contributed by atoms with E-state index >= 15 is 0 Å². The Morgan fingerprint density at radius 3 is 2.56 bits per heavy atom. The van der Waals surface area contributed by atoms with E-state index in [1.807, 2.05) is 36.4 Å². The van der Waals surface area contributed by atoms with Gasteiger partial charge in [-0.25, -0.2) is 0 Å². The first-order valence-electron chi connectivity index (χ1n) is 10.6. The molecule has 0 saturated carbocycles. The van der Waals surface area contributed by atoms with Crippen molar-refractivity contribution in [2.75, 3.05) is 24.0 Å². The molecule has 0 radical (unpaired) electrons. The van der Waals surface area contributed by atoms with Crippen LogP contribution < -0.4 is 25.2 Å². The van der Waals surface area contributed by atoms with Gasteiger partial charge in [-0.2, -0.15) is 0 Å². The standard InChI is InChI=1S/C25H23Cl2N3O4/c1-33-23-13-18(8-10-22(23)34-15-16-7-9-20(26)21(27)11-16)28-29-25(32)17-12-24(31)30(14-17)19-5-3-2-4-6-19/h2-11,13,17,28H,12,14-15H2,1H3,(H,29,32)/t17-/m1/s1. The van der Waals surface area contributed by atoms with Gasteiger partial charge in [0.05, 0.1) is 28.8 Å². The van der Waals surface area contributed by atoms with Crippen molar-refractivity contribution in [1.29, 1.82) is 0 Å². The number of anilines is 2. The average molecular weight is 500 g/mol. The van der Waals surface area contributed by atoms with E-state index in [1.54, 1.807) is 35.2 Å². The first-order chi connectivity index (χ1) is 16.4. The minimum absolute atomic E-state index is 0.0727. The van der Waals surface area contributed by atoms with E-state index < -0.39 is 5.92 Å². The quantitative estimate of drug-likeness (QED) is 0.422. The smallest absolute Gasteiger partial charge is 0.243 e. The molecule has 1 aliphatic rings. The maximum absolute atomic E-state index is 12.6. The summed E-state index contributed by atoms with van der Waals surface area (Å²) in [5, 5.41) is 0.941. The summed E-state index contributed by atoms with van der Waals surface area (Å²) < 4.78 is 11.3. The molecule has 1 heterocycles. The summed E-state index contributed by atoms with van der Waals surface area (Å²) in [6, 6.07) is 19.8. The van der Waals surface area contributed by atoms with Crippen LogP contribution in [0.15, 0.2) is 66.7 Å². The molecule has 0 unspecified atom stereocenters. The van der Waals surface area contributed by atoms with Crippen LogP contribution in [0.4, 0.5) is 11.4 Å². The maximum Gasteiger partial charge on any atom is 0.243 e. The van der Waals surface area contributed by atoms with E-state index in [2.05, 4.69) is 10.9 Å². The molecule has 1 fully saturated rings. The lowest BCUT2D eigenvalue weighted by Gasteiger charge is -2.17. The number of hydrogen-bond acceptors (Lipinski definition) is 5. The second-order valence-electron chi connectivity index (χ2n) is 7.76. The molecular formula is C25H23Cl2N3O4. The van der Waals surface area contributed by atoms with Gasteiger partial charge in [-0.1, -0.05) is 47.5 Å². The number of para-hydroxylation sites is 1. The molecule has 1 saturated heterocycles. The molecule has 9 heteroatoms. The monoisotopic (exact) mass is 499 g/mol. The zero-order chi connectivity index (χ0) is 24.1. The lowest BCUT2D eigenvalue weighted by Crippen LogP contribution is -2.36. The second-order valence-corrected chi connectivity index (χ2v) is 8.57. The molecule has 0 aliphatic carbocycles. The molecule has 3 aromatic carbocycles. The van der Waals surface area contributed by atoms with Crippen LogP contribution in [0.5, 0.6) is 11.5 Å². The molecule has 0 bridgehead atoms. The van der Waals surface area contributed by atoms with Gasteiger partial charge in [0.15, 0.2) is 11.5 Å². The highest BCUT2D eigenvalue weighted by Crippen LogP contribution is 2.31. The van der Waals surface area contributed by atoms with Crippen molar-refractivity contribution in [2.24, 2.45) is 5.92 Å². The lowest BCUT2D eigenvalue weighted by molar-refractivity contribution is -0.125. The number of rotatable bonds is 8. The van der Waals surface area contributed by atoms with Crippen LogP contribution in [0, 0.1) is 5.92 Å². The third-order valence-corrected chi connectivity index (χ3v) is 6.17. The van der Waals surface area contributed by atoms with Gasteiger partial charge in [-0.15, -0.1) is 0 Å². The highest BCUT2D eigenvalue weighted by Gasteiger charge is 2.35. The predicted molar refractivity (Wildman–Crippen MR) is 132 cm³/mol. The van der Waals surface area contributed by atoms with Crippen molar-refractivity contribution in [1.82, 2.24) is 5.43 Å². The number of carbonyl (C=O) groups excluding carboxylic acids is 2. The average Bonchev–Trinajstić information content (AvgIpc) is 3.25. The van der Waals surface area contributed by atoms with E-state index in [1.165, 1.54) is 7.11 Å². The number of benzene rings is 3. The van der Waals surface area contributed by atoms with Gasteiger partial charge in [-0.05, 0) is 42.0 Å². The molecule has 7 nitrogen and oxygen atoms in total. The Morgan fingerprint density at radius 2 is 1.82 bits per heavy atom. The molecular weight excluding hydrogens is 477 g/mol. The number of carbonyl (C=O) groups is 2. The van der Waals surface area contributed by atoms with E-state index in [4.69, 9.17) is 32.7 Å². The third-order valence-electron chi connectivity index (χ3n) is 5.44. The molecule has 2 N–H and O–H groups in total. The largest absolute Gasteiger partial charge is 0.493 e. The fourth-order valence-corrected chi connectivity index (χ4v) is 3.95. The summed E-state index contributed by atoms with van der Waals surface area (Å²) in [5.41, 5.74) is 7.82. The zero-order valence-electron chi connectivity index (χ0n) is 18.4. The van der Waals surface area contributed by atoms with E-state index in [0.717, 1.165) is 11.3 Å². The summed E-state index contributed by atoms with van der Waals surface area (Å²) in [4.78, 5) is 26.6. The minimum Gasteiger partial charge on any atom is -0.493 e. The summed E-state index contributed by atoms with van der Waals surface area (Å²) in [5.74, 6) is 0.244. The summed E-state index contributed by atoms with van der Waals surface area (Å²) in [6.45, 7) is 0.617. The normalized spacial score (nSPS) is 15.2. The lowest BCUT2D eigenvalue weighted by atomic mass is 10.1. The number of nitrogens with zero attached hydrogens (tertiary/aromatic N) is 1. The van der Waals surface area contributed by atoms with E-state index in [-0.39, 0.29) is 24.8 Å². The SMILES string of the molecule is COc1cc(NNC(=O)[C@@H]2CC(=O)N(c3ccccc3)C2)ccc1OCc1ccc(Cl)c(Cl)c1. The zero-order valence-corrected chi connectivity index (χ0v) is 19.9. The van der Waals surface area contributed by atoms with Gasteiger partial charge in [0, 0.05) is 24.7 Å². The summed E-state index contributed by atoms with van der Waals surface area (Å²) >= 11 is 12.0. The third kappa shape index (κ3) is 5.55. The predicted octanol–water partition coefficient (Wildman–Crippen LogP) is 5.08. The van der Waals surface area contributed by atoms with Crippen LogP contribution >= 0.6 is 23.2 Å². The van der Waals surface area contributed by atoms with Gasteiger partial charge in [-0.3, -0.25) is 20.4 Å². The van der Waals surface area contributed by atoms with Crippen LogP contribution in [-0.4, -0.2) is 25.5 Å². The fourth-order valence-electron chi connectivity index (χ4n) is 3.63. The summed E-state index contributed by atoms with van der Waals surface area (Å²) in [6.07, 6.45) is 0.160. The molecule has 4 rings (SSSR count). The molecule has 1 atom stereocenters. The Bertz CT molecular complexity index is 1190. The van der Waals surface area contributed by atoms with Gasteiger partial charge in [0.1, 0.15) is 6.61 Å². The maximum atomic E-state index is 12.6. The van der Waals surface area contributed by atoms with E-state index in [9.17, 15) is 9.59 Å². The number of ether oxygens (including phenoxy) is 2. The van der Waals surface area contributed by atoms with Gasteiger partial charge < -0.3 is 14.4 Å². The topological polar surface area (TPSA) is 79.9 Å². The number of amides is 2. The van der Waals surface area contributed by atoms with Crippen molar-refractivity contribution >= 4 is 46.4 Å². The van der Waals surface area contributed by atoms with Crippen molar-refractivity contribution < 1.29 is 19.1 Å². The number of halogens is 2. The first kappa shape index (κ1) is 23.7. The number of nitrogens with one attached hydrogen (secondary N) is 2. The Kier molecular flexibility index (Phi) is 7.45. The number of hydrazine groups is 1. The van der Waals surface area contributed by atoms with Gasteiger partial charge in [0.2, 0.25) is 11.8 Å². The van der Waals surface area contributed by atoms with Crippen LogP contribution in [0.25, 0.3) is 0 Å². The summed E-state index contributed by atoms with van der Waals surface area (Å²) in [7, 11) is 1.53. The molecule has 0 aromatic heterocycles. The minimum atomic E-state index is -0.448. The Labute approximate surface area is 207 Å². The van der Waals surface area contributed by atoms with Crippen molar-refractivity contribution in [3.8, 4) is 11.5 Å². The van der Waals surface area contributed by atoms with Crippen LogP contribution in [0.3, 0.4) is 0 Å². The van der Waals surface area contributed by atoms with Crippen LogP contribution in [0.2, 0.25) is 10.0 Å². The Morgan fingerprint density at radius 1 is 1.03 bits per heavy atom. The van der Waals surface area contributed by atoms with E-state index in [0.29, 0.717) is 33.8 Å². The first-order valence-corrected chi connectivity index (χ1v) is 11.4. The van der Waals surface area contributed by atoms with Crippen molar-refractivity contribution in [2.45, 2.75) is 13.0 Å². The van der Waals surface area contributed by atoms with Crippen molar-refractivity contribution in [3.63, 3.8) is 0 Å². The number of methoxy groups -OCH3 is 1. The molecule has 0 spiro atoms. The van der Waals surface area contributed by atoms with Crippen LogP contribution in [-0.2, 0) is 16.2 Å². The van der Waals surface area contributed by atoms with Gasteiger partial charge >= 0.3 is 0 Å². The molecule has 176 valence electrons. The second kappa shape index (κ2) is 10.7. The molecule has 1 aliphatic heterocycles. The van der Waals surface area contributed by atoms with Crippen molar-refractivity contribution in [3.05, 3.63) is 82.3 Å². The molecule has 34 heavy (non-hydrogen) atoms. The van der Waals surface area contributed by atoms with Crippen LogP contribution in [0.1, 0.15) is 12.0 Å². The fraction of sp³-hybridized carbons (Fsp3) is 0.200. The highest BCUT2D eigenvalue weighted by atomic mass is 35.5. The molecule has 3 aromatic rings. The molecule has 2 amide bonds. The Balaban J connectivity index is 1.33. The highest BCUT2D eigenvalue weighted by molar-refractivity contribution is 6.42. The van der Waals surface area contributed by atoms with Gasteiger partial charge in [0.25, 0.3) is 0 Å². The Hall–Kier alpha value is -3.42. The number of hydrogen-bond donors (Lipinski definition) is 2.